The summed E-state index contributed by atoms with van der Waals surface area (Å²) in [5, 5.41) is 0. The van der Waals surface area contributed by atoms with Gasteiger partial charge < -0.3 is 22.8 Å². The van der Waals surface area contributed by atoms with E-state index < -0.39 is 25.0 Å². The summed E-state index contributed by atoms with van der Waals surface area (Å²) < 4.78 is 33.3. The first-order valence-corrected chi connectivity index (χ1v) is 26.2. The van der Waals surface area contributed by atoms with Gasteiger partial charge in [0.15, 0.2) is 30.7 Å². The topological polar surface area (TPSA) is 66.5 Å². The van der Waals surface area contributed by atoms with Crippen molar-refractivity contribution >= 4 is 30.7 Å². The highest BCUT2D eigenvalue weighted by molar-refractivity contribution is 6.70. The van der Waals surface area contributed by atoms with Crippen LogP contribution in [0, 0.1) is 11.8 Å². The summed E-state index contributed by atoms with van der Waals surface area (Å²) in [5.41, 5.74) is 3.97. The first kappa shape index (κ1) is 34.0. The average molecular weight is 633 g/mol. The number of hydrogen-bond donors (Lipinski definition) is 0. The zero-order valence-corrected chi connectivity index (χ0v) is 31.2. The summed E-state index contributed by atoms with van der Waals surface area (Å²) in [6, 6.07) is 7.97. The van der Waals surface area contributed by atoms with E-state index in [0.717, 1.165) is 28.7 Å². The maximum absolute atomic E-state index is 13.3. The predicted octanol–water partition coefficient (Wildman–Crippen LogP) is 7.62. The highest BCUT2D eigenvalue weighted by Crippen LogP contribution is 2.42. The molecule has 1 aromatic rings. The molecule has 42 heavy (non-hydrogen) atoms. The van der Waals surface area contributed by atoms with Gasteiger partial charge in [0, 0.05) is 35.5 Å². The number of ether oxygens (including phenoxy) is 2. The van der Waals surface area contributed by atoms with Crippen molar-refractivity contribution < 1.29 is 27.5 Å². The Morgan fingerprint density at radius 3 is 2.12 bits per heavy atom. The fourth-order valence-electron chi connectivity index (χ4n) is 6.55. The third-order valence-corrected chi connectivity index (χ3v) is 11.6. The van der Waals surface area contributed by atoms with Crippen molar-refractivity contribution in [3.63, 3.8) is 0 Å². The molecule has 2 aliphatic heterocycles. The summed E-state index contributed by atoms with van der Waals surface area (Å²) in [6.45, 7) is 27.4. The van der Waals surface area contributed by atoms with Crippen LogP contribution in [0.2, 0.25) is 58.9 Å². The van der Waals surface area contributed by atoms with Gasteiger partial charge in [-0.3, -0.25) is 4.79 Å². The van der Waals surface area contributed by atoms with Gasteiger partial charge in [-0.15, -0.1) is 0 Å². The van der Waals surface area contributed by atoms with Gasteiger partial charge in [-0.25, -0.2) is 0 Å². The number of carbonyl (C=O) groups excluding carboxylic acids is 1. The molecule has 4 rings (SSSR count). The van der Waals surface area contributed by atoms with Crippen molar-refractivity contribution in [2.45, 2.75) is 136 Å². The van der Waals surface area contributed by atoms with E-state index in [1.807, 2.05) is 18.2 Å². The van der Waals surface area contributed by atoms with Crippen LogP contribution in [0.5, 0.6) is 0 Å². The van der Waals surface area contributed by atoms with Gasteiger partial charge in [0.1, 0.15) is 0 Å². The number of epoxide rings is 1. The van der Waals surface area contributed by atoms with Crippen LogP contribution in [0.1, 0.15) is 49.5 Å². The second kappa shape index (κ2) is 12.8. The lowest BCUT2D eigenvalue weighted by molar-refractivity contribution is -0.152. The molecular weight excluding hydrogens is 577 g/mol. The number of fused-ring (bicyclic) bond motifs is 1. The molecule has 0 aromatic heterocycles. The normalized spacial score (nSPS) is 31.1. The first-order chi connectivity index (χ1) is 19.3. The van der Waals surface area contributed by atoms with E-state index >= 15 is 0 Å². The van der Waals surface area contributed by atoms with Gasteiger partial charge >= 0.3 is 0 Å². The summed E-state index contributed by atoms with van der Waals surface area (Å²) in [4.78, 5) is 13.3. The van der Waals surface area contributed by atoms with Crippen LogP contribution >= 0.6 is 0 Å². The van der Waals surface area contributed by atoms with Crippen LogP contribution < -0.4 is 0 Å². The minimum atomic E-state index is -1.95. The van der Waals surface area contributed by atoms with Gasteiger partial charge in [0.2, 0.25) is 0 Å². The fraction of sp³-hybridized carbons (Fsp3) is 0.727. The molecule has 9 heteroatoms. The molecule has 0 amide bonds. The summed E-state index contributed by atoms with van der Waals surface area (Å²) in [6.07, 6.45) is 2.45. The number of ketones is 1. The number of rotatable bonds is 12. The predicted molar refractivity (Wildman–Crippen MR) is 178 cm³/mol. The Hall–Kier alpha value is -0.919. The van der Waals surface area contributed by atoms with Crippen molar-refractivity contribution in [2.24, 2.45) is 11.8 Å². The van der Waals surface area contributed by atoms with E-state index in [-0.39, 0.29) is 48.3 Å². The van der Waals surface area contributed by atoms with E-state index in [4.69, 9.17) is 22.8 Å². The van der Waals surface area contributed by atoms with Crippen LogP contribution in [0.15, 0.2) is 35.4 Å². The van der Waals surface area contributed by atoms with E-state index in [9.17, 15) is 4.79 Å². The molecule has 0 saturated carbocycles. The molecule has 0 bridgehead atoms. The van der Waals surface area contributed by atoms with Crippen LogP contribution in [-0.2, 0) is 29.2 Å². The quantitative estimate of drug-likeness (QED) is 0.134. The largest absolute Gasteiger partial charge is 0.415 e. The first-order valence-electron chi connectivity index (χ1n) is 15.9. The Balaban J connectivity index is 1.53. The molecule has 8 atom stereocenters. The fourth-order valence-corrected chi connectivity index (χ4v) is 10.1. The molecule has 0 spiro atoms. The third-order valence-electron chi connectivity index (χ3n) is 8.54. The van der Waals surface area contributed by atoms with Crippen LogP contribution in [0.4, 0.5) is 0 Å². The third kappa shape index (κ3) is 8.84. The van der Waals surface area contributed by atoms with Crippen LogP contribution in [0.3, 0.4) is 0 Å². The molecule has 236 valence electrons. The highest BCUT2D eigenvalue weighted by Gasteiger charge is 2.51. The molecule has 2 heterocycles. The van der Waals surface area contributed by atoms with Gasteiger partial charge in [-0.2, -0.15) is 0 Å². The molecule has 1 aliphatic carbocycles. The number of hydrogen-bond acceptors (Lipinski definition) is 6. The van der Waals surface area contributed by atoms with Crippen molar-refractivity contribution in [3.05, 3.63) is 46.5 Å². The van der Waals surface area contributed by atoms with Gasteiger partial charge in [0.05, 0.1) is 37.1 Å². The second-order valence-corrected chi connectivity index (χ2v) is 29.2. The second-order valence-electron chi connectivity index (χ2n) is 15.8. The highest BCUT2D eigenvalue weighted by atomic mass is 28.4. The van der Waals surface area contributed by atoms with Crippen LogP contribution in [0.25, 0.3) is 0 Å². The lowest BCUT2D eigenvalue weighted by Crippen LogP contribution is -2.58. The van der Waals surface area contributed by atoms with E-state index in [1.165, 1.54) is 0 Å². The van der Waals surface area contributed by atoms with Crippen molar-refractivity contribution in [1.82, 2.24) is 0 Å². The Kier molecular flexibility index (Phi) is 10.4. The molecule has 1 aromatic carbocycles. The van der Waals surface area contributed by atoms with Gasteiger partial charge in [-0.1, -0.05) is 36.8 Å². The average Bonchev–Trinajstić information content (AvgIpc) is 3.53. The van der Waals surface area contributed by atoms with Gasteiger partial charge in [-0.05, 0) is 91.2 Å². The van der Waals surface area contributed by atoms with Crippen molar-refractivity contribution in [2.75, 3.05) is 6.61 Å². The molecule has 3 aliphatic rings. The number of carbonyl (C=O) groups is 1. The molecule has 6 nitrogen and oxygen atoms in total. The maximum atomic E-state index is 13.3. The molecule has 0 N–H and O–H groups in total. The summed E-state index contributed by atoms with van der Waals surface area (Å²) in [5.74, 6) is 0.689. The molecule has 0 radical (unpaired) electrons. The Morgan fingerprint density at radius 1 is 0.905 bits per heavy atom. The Morgan fingerprint density at radius 2 is 1.52 bits per heavy atom. The Labute approximate surface area is 258 Å². The molecular formula is C33H56O6Si3. The standard InChI is InChI=1S/C33H56O6Si3/c1-21(27-18-24-15-13-14-16-26(24)30(27)34)17-28-33(39-42(10,11)12)32(38-41(7,8)9)25(20-35-28)19-29-31(36-29)22(2)23(3)37-40(4,5)6/h13-16,22-23,25,28-29,31-33H,17-20H2,1-12H3/t22-,23+,25+,28+,29+,31+,32-,33-/m1/s1. The number of Topliss-reactive ketones (excluding diaryl/α,β-unsaturated/α-hetero) is 1. The zero-order valence-electron chi connectivity index (χ0n) is 28.2. The Bertz CT molecular complexity index is 1150. The summed E-state index contributed by atoms with van der Waals surface area (Å²) in [7, 11) is -5.47. The lowest BCUT2D eigenvalue weighted by Gasteiger charge is -2.47. The number of allylic oxidation sites excluding steroid dienone is 1. The van der Waals surface area contributed by atoms with E-state index in [0.29, 0.717) is 25.4 Å². The van der Waals surface area contributed by atoms with Gasteiger partial charge in [0.25, 0.3) is 0 Å². The molecule has 2 saturated heterocycles. The lowest BCUT2D eigenvalue weighted by atomic mass is 9.85. The molecule has 2 fully saturated rings. The zero-order chi connectivity index (χ0) is 31.2. The monoisotopic (exact) mass is 632 g/mol. The summed E-state index contributed by atoms with van der Waals surface area (Å²) >= 11 is 0. The van der Waals surface area contributed by atoms with Crippen LogP contribution in [-0.4, -0.2) is 74.0 Å². The smallest absolute Gasteiger partial charge is 0.189 e. The van der Waals surface area contributed by atoms with E-state index in [1.54, 1.807) is 0 Å². The SMILES string of the molecule is CC(C[C@@H]1OC[C@H](C[C@@H]2O[C@H]2[C@H](C)[C@H](C)O[Si](C)(C)C)[C@@H](O[Si](C)(C)C)[C@@H]1O[Si](C)(C)C)=C1Cc2ccccc2C1=O. The number of benzene rings is 1. The maximum Gasteiger partial charge on any atom is 0.189 e. The minimum absolute atomic E-state index is 0.0627. The van der Waals surface area contributed by atoms with Crippen molar-refractivity contribution in [3.8, 4) is 0 Å². The van der Waals surface area contributed by atoms with E-state index in [2.05, 4.69) is 85.8 Å². The minimum Gasteiger partial charge on any atom is -0.415 e. The van der Waals surface area contributed by atoms with Crippen molar-refractivity contribution in [1.29, 1.82) is 0 Å². The molecule has 0 unspecified atom stereocenters.